The maximum atomic E-state index is 12.6. The molecule has 0 radical (unpaired) electrons. The molecule has 2 rings (SSSR count). The number of aliphatic hydroxyl groups is 1. The van der Waals surface area contributed by atoms with Crippen LogP contribution in [0.2, 0.25) is 0 Å². The van der Waals surface area contributed by atoms with Gasteiger partial charge in [-0.2, -0.15) is 0 Å². The van der Waals surface area contributed by atoms with E-state index in [-0.39, 0.29) is 23.4 Å². The zero-order chi connectivity index (χ0) is 15.7. The second-order valence-corrected chi connectivity index (χ2v) is 5.67. The number of imidazole rings is 1. The van der Waals surface area contributed by atoms with Crippen LogP contribution in [0.4, 0.5) is 0 Å². The molecule has 0 aliphatic rings. The summed E-state index contributed by atoms with van der Waals surface area (Å²) in [6.45, 7) is 3.59. The first-order valence-electron chi connectivity index (χ1n) is 7.15. The summed E-state index contributed by atoms with van der Waals surface area (Å²) in [5, 5.41) is 9.29. The van der Waals surface area contributed by atoms with Gasteiger partial charge in [0.2, 0.25) is 0 Å². The van der Waals surface area contributed by atoms with Gasteiger partial charge < -0.3 is 9.67 Å². The minimum Gasteiger partial charge on any atom is -0.393 e. The lowest BCUT2D eigenvalue weighted by Crippen LogP contribution is -2.41. The van der Waals surface area contributed by atoms with Crippen molar-refractivity contribution in [1.29, 1.82) is 0 Å². The summed E-state index contributed by atoms with van der Waals surface area (Å²) in [6.07, 6.45) is 3.26. The fourth-order valence-electron chi connectivity index (χ4n) is 2.59. The van der Waals surface area contributed by atoms with Crippen molar-refractivity contribution < 1.29 is 5.11 Å². The van der Waals surface area contributed by atoms with E-state index < -0.39 is 0 Å². The minimum atomic E-state index is -0.365. The van der Waals surface area contributed by atoms with E-state index in [2.05, 4.69) is 4.98 Å². The molecule has 0 aliphatic carbocycles. The number of rotatable bonds is 5. The summed E-state index contributed by atoms with van der Waals surface area (Å²) in [5.41, 5.74) is 0.174. The number of nitrogens with zero attached hydrogens (tertiary/aromatic N) is 4. The Morgan fingerprint density at radius 3 is 2.52 bits per heavy atom. The van der Waals surface area contributed by atoms with Crippen molar-refractivity contribution in [3.8, 4) is 0 Å². The van der Waals surface area contributed by atoms with Gasteiger partial charge in [0.1, 0.15) is 0 Å². The summed E-state index contributed by atoms with van der Waals surface area (Å²) in [6, 6.07) is -0.214. The van der Waals surface area contributed by atoms with Crippen LogP contribution in [0.25, 0.3) is 11.2 Å². The predicted molar refractivity (Wildman–Crippen MR) is 80.5 cm³/mol. The standard InChI is InChI=1S/C14H22N4O3/c1-9(6-5-7-10(2)19)18-13(20)11-12(15-8-16(11)3)17(4)14(18)21/h8-10,19H,5-7H2,1-4H3/t9?,10-/m0/s1. The molecule has 7 heteroatoms. The van der Waals surface area contributed by atoms with Gasteiger partial charge >= 0.3 is 5.69 Å². The molecule has 0 saturated carbocycles. The van der Waals surface area contributed by atoms with Crippen LogP contribution in [0.15, 0.2) is 15.9 Å². The van der Waals surface area contributed by atoms with E-state index in [0.29, 0.717) is 24.0 Å². The van der Waals surface area contributed by atoms with Gasteiger partial charge in [0, 0.05) is 20.1 Å². The Labute approximate surface area is 122 Å². The number of aromatic nitrogens is 4. The summed E-state index contributed by atoms with van der Waals surface area (Å²) < 4.78 is 4.32. The van der Waals surface area contributed by atoms with Gasteiger partial charge in [-0.1, -0.05) is 0 Å². The third kappa shape index (κ3) is 2.78. The highest BCUT2D eigenvalue weighted by Gasteiger charge is 2.18. The van der Waals surface area contributed by atoms with Crippen molar-refractivity contribution in [1.82, 2.24) is 18.7 Å². The molecule has 21 heavy (non-hydrogen) atoms. The first-order chi connectivity index (χ1) is 9.84. The van der Waals surface area contributed by atoms with Crippen molar-refractivity contribution in [2.24, 2.45) is 14.1 Å². The Balaban J connectivity index is 2.46. The molecule has 0 aliphatic heterocycles. The van der Waals surface area contributed by atoms with Crippen LogP contribution in [0, 0.1) is 0 Å². The third-order valence-electron chi connectivity index (χ3n) is 3.83. The molecule has 2 aromatic rings. The van der Waals surface area contributed by atoms with Gasteiger partial charge in [-0.25, -0.2) is 9.78 Å². The van der Waals surface area contributed by atoms with Crippen molar-refractivity contribution in [3.05, 3.63) is 27.2 Å². The average Bonchev–Trinajstić information content (AvgIpc) is 2.78. The molecule has 2 aromatic heterocycles. The monoisotopic (exact) mass is 294 g/mol. The Morgan fingerprint density at radius 1 is 1.24 bits per heavy atom. The molecular formula is C14H22N4O3. The lowest BCUT2D eigenvalue weighted by molar-refractivity contribution is 0.178. The Bertz CT molecular complexity index is 754. The summed E-state index contributed by atoms with van der Waals surface area (Å²) in [5.74, 6) is 0. The molecule has 0 amide bonds. The fraction of sp³-hybridized carbons (Fsp3) is 0.643. The first kappa shape index (κ1) is 15.5. The van der Waals surface area contributed by atoms with Crippen LogP contribution >= 0.6 is 0 Å². The third-order valence-corrected chi connectivity index (χ3v) is 3.83. The maximum absolute atomic E-state index is 12.6. The highest BCUT2D eigenvalue weighted by Crippen LogP contribution is 2.13. The normalized spacial score (nSPS) is 14.5. The van der Waals surface area contributed by atoms with Gasteiger partial charge in [-0.15, -0.1) is 0 Å². The lowest BCUT2D eigenvalue weighted by Gasteiger charge is -2.16. The zero-order valence-corrected chi connectivity index (χ0v) is 12.9. The second-order valence-electron chi connectivity index (χ2n) is 5.67. The molecule has 2 heterocycles. The Hall–Kier alpha value is -1.89. The second kappa shape index (κ2) is 5.85. The number of aliphatic hydroxyl groups excluding tert-OH is 1. The molecule has 1 unspecified atom stereocenters. The van der Waals surface area contributed by atoms with Gasteiger partial charge in [0.05, 0.1) is 12.4 Å². The molecular weight excluding hydrogens is 272 g/mol. The van der Waals surface area contributed by atoms with Gasteiger partial charge in [0.15, 0.2) is 11.2 Å². The van der Waals surface area contributed by atoms with E-state index in [1.807, 2.05) is 6.92 Å². The highest BCUT2D eigenvalue weighted by molar-refractivity contribution is 5.69. The molecule has 0 bridgehead atoms. The zero-order valence-electron chi connectivity index (χ0n) is 12.9. The van der Waals surface area contributed by atoms with E-state index in [1.54, 1.807) is 25.6 Å². The minimum absolute atomic E-state index is 0.214. The van der Waals surface area contributed by atoms with Crippen molar-refractivity contribution in [2.75, 3.05) is 0 Å². The number of aryl methyl sites for hydroxylation is 2. The van der Waals surface area contributed by atoms with Gasteiger partial charge in [0.25, 0.3) is 5.56 Å². The average molecular weight is 294 g/mol. The molecule has 7 nitrogen and oxygen atoms in total. The van der Waals surface area contributed by atoms with E-state index in [0.717, 1.165) is 6.42 Å². The van der Waals surface area contributed by atoms with Crippen molar-refractivity contribution >= 4 is 11.2 Å². The number of hydrogen-bond acceptors (Lipinski definition) is 4. The first-order valence-corrected chi connectivity index (χ1v) is 7.15. The summed E-state index contributed by atoms with van der Waals surface area (Å²) >= 11 is 0. The van der Waals surface area contributed by atoms with Crippen LogP contribution in [0.3, 0.4) is 0 Å². The Kier molecular flexibility index (Phi) is 4.32. The quantitative estimate of drug-likeness (QED) is 0.873. The molecule has 0 spiro atoms. The molecule has 0 aromatic carbocycles. The molecule has 116 valence electrons. The highest BCUT2D eigenvalue weighted by atomic mass is 16.3. The predicted octanol–water partition coefficient (Wildman–Crippen LogP) is 0.546. The van der Waals surface area contributed by atoms with E-state index in [9.17, 15) is 14.7 Å². The van der Waals surface area contributed by atoms with Crippen LogP contribution < -0.4 is 11.2 Å². The van der Waals surface area contributed by atoms with Crippen LogP contribution in [0.5, 0.6) is 0 Å². The molecule has 2 atom stereocenters. The van der Waals surface area contributed by atoms with E-state index in [4.69, 9.17) is 0 Å². The molecule has 1 N–H and O–H groups in total. The summed E-state index contributed by atoms with van der Waals surface area (Å²) in [7, 11) is 3.36. The molecule has 0 fully saturated rings. The Morgan fingerprint density at radius 2 is 1.90 bits per heavy atom. The molecule has 0 saturated heterocycles. The maximum Gasteiger partial charge on any atom is 0.332 e. The van der Waals surface area contributed by atoms with Crippen LogP contribution in [-0.2, 0) is 14.1 Å². The van der Waals surface area contributed by atoms with Crippen LogP contribution in [0.1, 0.15) is 39.2 Å². The lowest BCUT2D eigenvalue weighted by atomic mass is 10.1. The smallest absolute Gasteiger partial charge is 0.332 e. The van der Waals surface area contributed by atoms with E-state index in [1.165, 1.54) is 15.5 Å². The number of fused-ring (bicyclic) bond motifs is 1. The topological polar surface area (TPSA) is 82.1 Å². The SMILES string of the molecule is CC(CCC[C@H](C)O)n1c(=O)c2c(ncn2C)n(C)c1=O. The van der Waals surface area contributed by atoms with Crippen molar-refractivity contribution in [2.45, 2.75) is 45.3 Å². The van der Waals surface area contributed by atoms with Gasteiger partial charge in [-0.05, 0) is 33.1 Å². The fourth-order valence-corrected chi connectivity index (χ4v) is 2.59. The number of hydrogen-bond donors (Lipinski definition) is 1. The van der Waals surface area contributed by atoms with Gasteiger partial charge in [-0.3, -0.25) is 13.9 Å². The largest absolute Gasteiger partial charge is 0.393 e. The van der Waals surface area contributed by atoms with Crippen LogP contribution in [-0.4, -0.2) is 29.9 Å². The van der Waals surface area contributed by atoms with E-state index >= 15 is 0 Å². The summed E-state index contributed by atoms with van der Waals surface area (Å²) in [4.78, 5) is 29.0. The van der Waals surface area contributed by atoms with Crippen molar-refractivity contribution in [3.63, 3.8) is 0 Å².